The number of aryl methyl sites for hydroxylation is 5. The third-order valence-electron chi connectivity index (χ3n) is 6.80. The first-order valence-corrected chi connectivity index (χ1v) is 11.8. The first kappa shape index (κ1) is 14.4. The number of rotatable bonds is 3. The molecule has 0 saturated heterocycles. The summed E-state index contributed by atoms with van der Waals surface area (Å²) in [6.07, 6.45) is 1.49. The molecule has 0 atom stereocenters. The average molecular weight is 478 g/mol. The van der Waals surface area contributed by atoms with Crippen molar-refractivity contribution in [3.8, 4) is 33.5 Å². The predicted octanol–water partition coefficient (Wildman–Crippen LogP) is 8.65. The third-order valence-corrected chi connectivity index (χ3v) is 6.80. The number of pyridine rings is 1. The van der Waals surface area contributed by atoms with Gasteiger partial charge in [-0.1, -0.05) is 72.3 Å². The van der Waals surface area contributed by atoms with Gasteiger partial charge in [-0.3, -0.25) is 0 Å². The highest BCUT2D eigenvalue weighted by atomic mass is 16.3. The second kappa shape index (κ2) is 8.49. The summed E-state index contributed by atoms with van der Waals surface area (Å²) in [5.41, 5.74) is 5.51. The van der Waals surface area contributed by atoms with Crippen molar-refractivity contribution in [3.63, 3.8) is 0 Å². The molecule has 4 aromatic carbocycles. The van der Waals surface area contributed by atoms with Crippen molar-refractivity contribution in [2.75, 3.05) is 0 Å². The zero-order chi connectivity index (χ0) is 32.5. The fourth-order valence-electron chi connectivity index (χ4n) is 4.97. The molecule has 0 radical (unpaired) electrons. The van der Waals surface area contributed by atoms with Crippen LogP contribution in [0.2, 0.25) is 0 Å². The van der Waals surface area contributed by atoms with Crippen LogP contribution in [0.4, 0.5) is 0 Å². The van der Waals surface area contributed by atoms with Gasteiger partial charge in [-0.15, -0.1) is 0 Å². The van der Waals surface area contributed by atoms with Crippen molar-refractivity contribution in [2.24, 2.45) is 7.05 Å². The fraction of sp³-hybridized carbons (Fsp3) is 0.147. The Labute approximate surface area is 225 Å². The lowest BCUT2D eigenvalue weighted by Crippen LogP contribution is -2.31. The summed E-state index contributed by atoms with van der Waals surface area (Å²) in [5, 5.41) is 1.81. The minimum Gasteiger partial charge on any atom is -0.455 e. The molecule has 0 bridgehead atoms. The van der Waals surface area contributed by atoms with Crippen molar-refractivity contribution in [3.05, 3.63) is 113 Å². The monoisotopic (exact) mass is 477 g/mol. The van der Waals surface area contributed by atoms with Crippen LogP contribution in [0.25, 0.3) is 55.4 Å². The van der Waals surface area contributed by atoms with E-state index in [0.29, 0.717) is 16.9 Å². The Morgan fingerprint density at radius 3 is 2.33 bits per heavy atom. The van der Waals surface area contributed by atoms with E-state index in [0.717, 1.165) is 39.1 Å². The van der Waals surface area contributed by atoms with E-state index in [1.165, 1.54) is 18.3 Å². The van der Waals surface area contributed by atoms with Gasteiger partial charge in [0.2, 0.25) is 5.69 Å². The largest absolute Gasteiger partial charge is 0.455 e. The smallest absolute Gasteiger partial charge is 0.216 e. The maximum Gasteiger partial charge on any atom is 0.216 e. The van der Waals surface area contributed by atoms with Gasteiger partial charge in [0.1, 0.15) is 18.2 Å². The van der Waals surface area contributed by atoms with Crippen molar-refractivity contribution >= 4 is 21.9 Å². The lowest BCUT2D eigenvalue weighted by atomic mass is 9.93. The second-order valence-corrected chi connectivity index (χ2v) is 9.17. The molecule has 6 aromatic rings. The average Bonchev–Trinajstić information content (AvgIpc) is 3.34. The Morgan fingerprint density at radius 1 is 0.694 bits per heavy atom. The Bertz CT molecular complexity index is 2090. The summed E-state index contributed by atoms with van der Waals surface area (Å²) in [6.45, 7) is -5.89. The van der Waals surface area contributed by atoms with Gasteiger partial charge >= 0.3 is 0 Å². The van der Waals surface area contributed by atoms with Crippen molar-refractivity contribution in [1.29, 1.82) is 0 Å². The van der Waals surface area contributed by atoms with E-state index in [2.05, 4.69) is 6.07 Å². The van der Waals surface area contributed by atoms with Gasteiger partial charge in [-0.05, 0) is 73.0 Å². The fourth-order valence-corrected chi connectivity index (χ4v) is 4.97. The molecular formula is C34H30NO+. The molecule has 0 aliphatic heterocycles. The van der Waals surface area contributed by atoms with E-state index >= 15 is 0 Å². The summed E-state index contributed by atoms with van der Waals surface area (Å²) in [6, 6.07) is 25.6. The van der Waals surface area contributed by atoms with E-state index in [9.17, 15) is 0 Å². The molecule has 0 N–H and O–H groups in total. The van der Waals surface area contributed by atoms with Gasteiger partial charge in [-0.25, -0.2) is 4.57 Å². The van der Waals surface area contributed by atoms with Gasteiger partial charge in [0.15, 0.2) is 6.20 Å². The molecule has 0 fully saturated rings. The van der Waals surface area contributed by atoms with Gasteiger partial charge in [0.25, 0.3) is 0 Å². The molecule has 36 heavy (non-hydrogen) atoms. The number of fused-ring (bicyclic) bond motifs is 3. The van der Waals surface area contributed by atoms with E-state index < -0.39 is 20.6 Å². The van der Waals surface area contributed by atoms with E-state index in [1.54, 1.807) is 17.7 Å². The molecule has 0 unspecified atom stereocenters. The van der Waals surface area contributed by atoms with Crippen LogP contribution in [0.5, 0.6) is 0 Å². The molecule has 2 aromatic heterocycles. The maximum absolute atomic E-state index is 8.31. The van der Waals surface area contributed by atoms with Crippen molar-refractivity contribution in [2.45, 2.75) is 27.5 Å². The van der Waals surface area contributed by atoms with Crippen LogP contribution >= 0.6 is 0 Å². The minimum absolute atomic E-state index is 0.0529. The van der Waals surface area contributed by atoms with E-state index in [-0.39, 0.29) is 27.8 Å². The summed E-state index contributed by atoms with van der Waals surface area (Å²) < 4.78 is 81.3. The molecule has 0 saturated carbocycles. The summed E-state index contributed by atoms with van der Waals surface area (Å²) in [4.78, 5) is 0. The second-order valence-electron chi connectivity index (χ2n) is 9.17. The van der Waals surface area contributed by atoms with Crippen LogP contribution in [0.3, 0.4) is 0 Å². The zero-order valence-corrected chi connectivity index (χ0v) is 20.0. The molecule has 0 aliphatic carbocycles. The maximum atomic E-state index is 8.31. The van der Waals surface area contributed by atoms with Gasteiger partial charge in [0.05, 0.1) is 5.56 Å². The highest BCUT2D eigenvalue weighted by molar-refractivity contribution is 6.10. The molecule has 6 rings (SSSR count). The highest BCUT2D eigenvalue weighted by Gasteiger charge is 2.23. The lowest BCUT2D eigenvalue weighted by molar-refractivity contribution is -0.660. The van der Waals surface area contributed by atoms with Crippen molar-refractivity contribution in [1.82, 2.24) is 0 Å². The SMILES string of the molecule is [2H]C([2H])([2H])c1ccc(-c2cc(-c3c(C)ccc4c3oc3cc(-c5ccccc5)ccc34)[n+](C)cc2C([2H])([2H])[2H])c(C([2H])([2H])[2H])c1. The van der Waals surface area contributed by atoms with Gasteiger partial charge < -0.3 is 4.42 Å². The number of furan rings is 1. The molecule has 176 valence electrons. The number of hydrogen-bond acceptors (Lipinski definition) is 1. The van der Waals surface area contributed by atoms with Crippen LogP contribution in [-0.2, 0) is 7.05 Å². The van der Waals surface area contributed by atoms with E-state index in [1.807, 2.05) is 61.5 Å². The van der Waals surface area contributed by atoms with Crippen LogP contribution in [0.1, 0.15) is 34.6 Å². The van der Waals surface area contributed by atoms with Crippen LogP contribution in [0, 0.1) is 27.5 Å². The van der Waals surface area contributed by atoms with Crippen LogP contribution in [-0.4, -0.2) is 0 Å². The first-order valence-electron chi connectivity index (χ1n) is 16.3. The number of aromatic nitrogens is 1. The lowest BCUT2D eigenvalue weighted by Gasteiger charge is -2.12. The van der Waals surface area contributed by atoms with Crippen LogP contribution in [0.15, 0.2) is 95.5 Å². The molecular weight excluding hydrogens is 438 g/mol. The molecule has 2 nitrogen and oxygen atoms in total. The predicted molar refractivity (Wildman–Crippen MR) is 150 cm³/mol. The Kier molecular flexibility index (Phi) is 3.40. The summed E-state index contributed by atoms with van der Waals surface area (Å²) in [5.74, 6) is 0. The zero-order valence-electron chi connectivity index (χ0n) is 29.0. The number of benzene rings is 4. The van der Waals surface area contributed by atoms with Crippen molar-refractivity contribution < 1.29 is 21.3 Å². The Morgan fingerprint density at radius 2 is 1.53 bits per heavy atom. The Hall–Kier alpha value is -4.17. The summed E-state index contributed by atoms with van der Waals surface area (Å²) in [7, 11) is 1.74. The first-order chi connectivity index (χ1) is 21.0. The Balaban J connectivity index is 1.63. The molecule has 0 aliphatic rings. The van der Waals surface area contributed by atoms with Crippen LogP contribution < -0.4 is 4.57 Å². The third kappa shape index (κ3) is 3.61. The summed E-state index contributed by atoms with van der Waals surface area (Å²) >= 11 is 0. The topological polar surface area (TPSA) is 17.0 Å². The minimum atomic E-state index is -2.70. The number of nitrogens with zero attached hydrogens (tertiary/aromatic N) is 1. The molecule has 0 spiro atoms. The van der Waals surface area contributed by atoms with Gasteiger partial charge in [-0.2, -0.15) is 0 Å². The quantitative estimate of drug-likeness (QED) is 0.233. The normalized spacial score (nSPS) is 16.2. The highest BCUT2D eigenvalue weighted by Crippen LogP contribution is 2.39. The standard InChI is InChI=1S/C34H30NO/c1-21-11-14-27(23(3)17-21)30-19-31(35(5)20-24(30)4)33-22(2)12-15-29-28-16-13-26(18-32(28)36-34(29)33)25-9-7-6-8-10-25/h6-20H,1-5H3/q+1/i1D3,3D3,4D3. The molecule has 0 amide bonds. The number of hydrogen-bond donors (Lipinski definition) is 0. The van der Waals surface area contributed by atoms with Gasteiger partial charge in [0, 0.05) is 34.7 Å². The molecule has 2 heterocycles. The molecule has 2 heteroatoms. The van der Waals surface area contributed by atoms with E-state index in [4.69, 9.17) is 16.8 Å².